The number of ether oxygens (including phenoxy) is 2. The molecule has 1 N–H and O–H groups in total. The third-order valence-electron chi connectivity index (χ3n) is 5.83. The molecule has 0 aliphatic heterocycles. The number of fused-ring (bicyclic) bond motifs is 1. The molecule has 9 nitrogen and oxygen atoms in total. The Morgan fingerprint density at radius 3 is 2.54 bits per heavy atom. The third kappa shape index (κ3) is 5.22. The molecule has 0 fully saturated rings. The van der Waals surface area contributed by atoms with Gasteiger partial charge in [0.2, 0.25) is 10.0 Å². The molecule has 0 aliphatic carbocycles. The second-order valence-electron chi connectivity index (χ2n) is 8.44. The predicted octanol–water partition coefficient (Wildman–Crippen LogP) is 5.76. The summed E-state index contributed by atoms with van der Waals surface area (Å²) >= 11 is 1.24. The first-order valence-corrected chi connectivity index (χ1v) is 14.0. The molecule has 202 valence electrons. The summed E-state index contributed by atoms with van der Waals surface area (Å²) in [4.78, 5) is 13.7. The number of nitrogens with zero attached hydrogens (tertiary/aromatic N) is 2. The zero-order valence-corrected chi connectivity index (χ0v) is 22.5. The maximum atomic E-state index is 14.5. The molecule has 5 rings (SSSR count). The number of hydrogen-bond acceptors (Lipinski definition) is 8. The highest BCUT2D eigenvalue weighted by atomic mass is 32.2. The van der Waals surface area contributed by atoms with E-state index in [-0.39, 0.29) is 34.4 Å². The maximum Gasteiger partial charge on any atom is 0.259 e. The van der Waals surface area contributed by atoms with Gasteiger partial charge in [-0.2, -0.15) is 0 Å². The molecule has 3 heterocycles. The molecule has 3 aromatic heterocycles. The van der Waals surface area contributed by atoms with Gasteiger partial charge in [0.15, 0.2) is 17.3 Å². The summed E-state index contributed by atoms with van der Waals surface area (Å²) in [5, 5.41) is 4.17. The van der Waals surface area contributed by atoms with E-state index < -0.39 is 21.7 Å². The number of aromatic nitrogens is 2. The van der Waals surface area contributed by atoms with Crippen LogP contribution in [-0.2, 0) is 17.1 Å². The quantitative estimate of drug-likeness (QED) is 0.251. The number of thiophene rings is 1. The first kappa shape index (κ1) is 26.4. The Morgan fingerprint density at radius 2 is 1.85 bits per heavy atom. The lowest BCUT2D eigenvalue weighted by Gasteiger charge is -2.16. The van der Waals surface area contributed by atoms with Crippen LogP contribution in [0, 0.1) is 11.6 Å². The van der Waals surface area contributed by atoms with Gasteiger partial charge in [0.05, 0.1) is 33.9 Å². The van der Waals surface area contributed by atoms with Gasteiger partial charge in [-0.05, 0) is 48.5 Å². The fourth-order valence-electron chi connectivity index (χ4n) is 3.86. The Kier molecular flexibility index (Phi) is 6.87. The Bertz CT molecular complexity index is 1880. The molecule has 2 aromatic carbocycles. The van der Waals surface area contributed by atoms with Crippen LogP contribution in [0.15, 0.2) is 64.0 Å². The van der Waals surface area contributed by atoms with E-state index >= 15 is 0 Å². The van der Waals surface area contributed by atoms with Crippen molar-refractivity contribution in [3.05, 3.63) is 76.7 Å². The minimum atomic E-state index is -3.62. The van der Waals surface area contributed by atoms with Crippen LogP contribution >= 0.6 is 11.3 Å². The highest BCUT2D eigenvalue weighted by molar-refractivity contribution is 7.92. The second kappa shape index (κ2) is 10.2. The maximum absolute atomic E-state index is 14.5. The lowest BCUT2D eigenvalue weighted by atomic mass is 10.0. The van der Waals surface area contributed by atoms with Gasteiger partial charge in [-0.25, -0.2) is 17.2 Å². The summed E-state index contributed by atoms with van der Waals surface area (Å²) in [5.41, 5.74) is 0.819. The Hall–Kier alpha value is -4.23. The van der Waals surface area contributed by atoms with Crippen LogP contribution in [0.25, 0.3) is 31.9 Å². The lowest BCUT2D eigenvalue weighted by molar-refractivity contribution is 0.343. The number of halogens is 2. The van der Waals surface area contributed by atoms with E-state index in [1.54, 1.807) is 25.4 Å². The summed E-state index contributed by atoms with van der Waals surface area (Å²) in [6.07, 6.45) is 1.58. The summed E-state index contributed by atoms with van der Waals surface area (Å²) in [7, 11) is -0.597. The number of aryl methyl sites for hydroxylation is 1. The molecule has 0 radical (unpaired) electrons. The molecule has 39 heavy (non-hydrogen) atoms. The van der Waals surface area contributed by atoms with Crippen LogP contribution in [0.3, 0.4) is 0 Å². The molecule has 13 heteroatoms. The zero-order valence-electron chi connectivity index (χ0n) is 20.8. The topological polar surface area (TPSA) is 113 Å². The van der Waals surface area contributed by atoms with Crippen molar-refractivity contribution in [1.82, 2.24) is 9.72 Å². The largest absolute Gasteiger partial charge is 0.479 e. The van der Waals surface area contributed by atoms with Gasteiger partial charge in [-0.3, -0.25) is 9.52 Å². The summed E-state index contributed by atoms with van der Waals surface area (Å²) in [6, 6.07) is 10.6. The van der Waals surface area contributed by atoms with Crippen LogP contribution in [0.4, 0.5) is 14.5 Å². The molecule has 0 amide bonds. The number of methoxy groups -OCH3 is 1. The number of rotatable bonds is 8. The molecule has 0 bridgehead atoms. The number of nitrogens with one attached hydrogen (secondary N) is 1. The zero-order chi connectivity index (χ0) is 27.9. The van der Waals surface area contributed by atoms with E-state index in [2.05, 4.69) is 9.88 Å². The van der Waals surface area contributed by atoms with E-state index in [0.29, 0.717) is 37.9 Å². The summed E-state index contributed by atoms with van der Waals surface area (Å²) < 4.78 is 73.2. The smallest absolute Gasteiger partial charge is 0.259 e. The average molecular weight is 574 g/mol. The van der Waals surface area contributed by atoms with E-state index in [1.165, 1.54) is 48.1 Å². The normalized spacial score (nSPS) is 11.6. The van der Waals surface area contributed by atoms with Gasteiger partial charge < -0.3 is 18.6 Å². The minimum Gasteiger partial charge on any atom is -0.479 e. The van der Waals surface area contributed by atoms with Gasteiger partial charge in [0.25, 0.3) is 11.4 Å². The summed E-state index contributed by atoms with van der Waals surface area (Å²) in [6.45, 7) is 1.50. The van der Waals surface area contributed by atoms with Gasteiger partial charge in [-0.1, -0.05) is 0 Å². The molecular formula is C26H21F2N3O6S2. The van der Waals surface area contributed by atoms with Crippen LogP contribution in [0.2, 0.25) is 0 Å². The number of sulfonamides is 1. The molecule has 0 atom stereocenters. The predicted molar refractivity (Wildman–Crippen MR) is 144 cm³/mol. The van der Waals surface area contributed by atoms with Crippen molar-refractivity contribution in [1.29, 1.82) is 0 Å². The fourth-order valence-corrected chi connectivity index (χ4v) is 5.61. The van der Waals surface area contributed by atoms with Crippen molar-refractivity contribution in [2.45, 2.75) is 6.92 Å². The van der Waals surface area contributed by atoms with E-state index in [4.69, 9.17) is 14.0 Å². The molecule has 0 aliphatic rings. The average Bonchev–Trinajstić information content (AvgIpc) is 3.56. The van der Waals surface area contributed by atoms with Crippen molar-refractivity contribution in [3.63, 3.8) is 0 Å². The lowest BCUT2D eigenvalue weighted by Crippen LogP contribution is -2.16. The highest BCUT2D eigenvalue weighted by Gasteiger charge is 2.21. The van der Waals surface area contributed by atoms with E-state index in [0.717, 1.165) is 12.1 Å². The fraction of sp³-hybridized carbons (Fsp3) is 0.154. The van der Waals surface area contributed by atoms with Crippen molar-refractivity contribution >= 4 is 37.1 Å². The minimum absolute atomic E-state index is 0.149. The Labute approximate surface area is 225 Å². The standard InChI is InChI=1S/C26H21F2N3O6S2/c1-4-39(33,34)30-15-6-8-20(36-21-7-5-14(27)9-19(21)28)16(10-15)18-13-31(2)26(32)17-11-23(38-25(17)18)22-12-24(35-3)29-37-22/h5-13,30H,4H2,1-3H3. The van der Waals surface area contributed by atoms with Crippen LogP contribution in [-0.4, -0.2) is 31.0 Å². The van der Waals surface area contributed by atoms with Crippen molar-refractivity contribution in [2.24, 2.45) is 7.05 Å². The summed E-state index contributed by atoms with van der Waals surface area (Å²) in [5.74, 6) is -1.27. The van der Waals surface area contributed by atoms with Gasteiger partial charge in [0.1, 0.15) is 11.6 Å². The van der Waals surface area contributed by atoms with Gasteiger partial charge >= 0.3 is 0 Å². The molecule has 0 spiro atoms. The highest BCUT2D eigenvalue weighted by Crippen LogP contribution is 2.43. The van der Waals surface area contributed by atoms with Crippen molar-refractivity contribution < 1.29 is 31.2 Å². The second-order valence-corrected chi connectivity index (χ2v) is 11.5. The molecule has 5 aromatic rings. The van der Waals surface area contributed by atoms with E-state index in [9.17, 15) is 22.0 Å². The third-order valence-corrected chi connectivity index (χ3v) is 8.32. The van der Waals surface area contributed by atoms with Gasteiger partial charge in [0, 0.05) is 36.1 Å². The number of hydrogen-bond donors (Lipinski definition) is 1. The monoisotopic (exact) mass is 573 g/mol. The van der Waals surface area contributed by atoms with Crippen LogP contribution < -0.4 is 19.8 Å². The Balaban J connectivity index is 1.73. The number of anilines is 1. The van der Waals surface area contributed by atoms with Crippen LogP contribution in [0.5, 0.6) is 17.4 Å². The van der Waals surface area contributed by atoms with E-state index in [1.807, 2.05) is 0 Å². The van der Waals surface area contributed by atoms with Crippen LogP contribution in [0.1, 0.15) is 6.92 Å². The van der Waals surface area contributed by atoms with Gasteiger partial charge in [-0.15, -0.1) is 11.3 Å². The molecule has 0 saturated heterocycles. The number of benzene rings is 2. The van der Waals surface area contributed by atoms with Crippen molar-refractivity contribution in [2.75, 3.05) is 17.6 Å². The first-order chi connectivity index (χ1) is 18.6. The van der Waals surface area contributed by atoms with Crippen molar-refractivity contribution in [3.8, 4) is 39.1 Å². The molecule has 0 unspecified atom stereocenters. The molecular weight excluding hydrogens is 552 g/mol. The SMILES string of the molecule is CCS(=O)(=O)Nc1ccc(Oc2ccc(F)cc2F)c(-c2cn(C)c(=O)c3cc(-c4cc(OC)no4)sc23)c1. The number of pyridine rings is 1. The molecule has 0 saturated carbocycles. The first-order valence-electron chi connectivity index (χ1n) is 11.5. The Morgan fingerprint density at radius 1 is 1.08 bits per heavy atom.